The Kier molecular flexibility index (Phi) is 5.50. The zero-order chi connectivity index (χ0) is 17.8. The number of nitrogens with one attached hydrogen (secondary N) is 1. The monoisotopic (exact) mass is 355 g/mol. The van der Waals surface area contributed by atoms with Gasteiger partial charge in [0, 0.05) is 11.6 Å². The van der Waals surface area contributed by atoms with Crippen LogP contribution in [-0.2, 0) is 4.79 Å². The Balaban J connectivity index is 1.80. The van der Waals surface area contributed by atoms with Gasteiger partial charge in [-0.25, -0.2) is 0 Å². The number of hydrogen-bond donors (Lipinski definition) is 2. The third-order valence-corrected chi connectivity index (χ3v) is 4.75. The second kappa shape index (κ2) is 7.80. The Hall–Kier alpha value is -2.18. The molecular formula is C19H21N3O2S. The number of aromatic nitrogens is 1. The van der Waals surface area contributed by atoms with Gasteiger partial charge in [-0.3, -0.25) is 14.8 Å². The molecule has 1 aromatic heterocycles. The van der Waals surface area contributed by atoms with E-state index in [1.54, 1.807) is 6.20 Å². The molecule has 1 fully saturated rings. The van der Waals surface area contributed by atoms with E-state index in [1.807, 2.05) is 36.4 Å². The largest absolute Gasteiger partial charge is 0.394 e. The maximum Gasteiger partial charge on any atom is 0.264 e. The highest BCUT2D eigenvalue weighted by Crippen LogP contribution is 2.27. The minimum atomic E-state index is -0.186. The van der Waals surface area contributed by atoms with Crippen LogP contribution in [0.3, 0.4) is 0 Å². The van der Waals surface area contributed by atoms with Crippen molar-refractivity contribution >= 4 is 39.8 Å². The standard InChI is InChI=1S/C19H21N3O2S/c1-12(2)8-15(11-23)21-19-22-18(24)17(25-19)10-13-5-6-16-14(9-13)4-3-7-20-16/h3-7,9-10,12,15,23H,8,11H2,1-2H3,(H,21,22,24)/t15-/m1/s1. The van der Waals surface area contributed by atoms with Crippen molar-refractivity contribution in [2.24, 2.45) is 10.9 Å². The zero-order valence-electron chi connectivity index (χ0n) is 14.3. The molecule has 1 aromatic carbocycles. The minimum absolute atomic E-state index is 0.0190. The van der Waals surface area contributed by atoms with Gasteiger partial charge in [0.05, 0.1) is 23.1 Å². The number of fused-ring (bicyclic) bond motifs is 1. The molecule has 0 saturated carbocycles. The summed E-state index contributed by atoms with van der Waals surface area (Å²) in [5, 5.41) is 13.8. The molecule has 1 amide bonds. The van der Waals surface area contributed by atoms with Crippen LogP contribution in [0.5, 0.6) is 0 Å². The third kappa shape index (κ3) is 4.46. The number of aliphatic hydroxyl groups excluding tert-OH is 1. The molecule has 2 N–H and O–H groups in total. The molecular weight excluding hydrogens is 334 g/mol. The molecule has 5 nitrogen and oxygen atoms in total. The zero-order valence-corrected chi connectivity index (χ0v) is 15.1. The first-order valence-corrected chi connectivity index (χ1v) is 9.11. The highest BCUT2D eigenvalue weighted by molar-refractivity contribution is 8.18. The summed E-state index contributed by atoms with van der Waals surface area (Å²) in [6.07, 6.45) is 4.40. The topological polar surface area (TPSA) is 74.6 Å². The number of aliphatic imine (C=N–C) groups is 1. The first-order valence-electron chi connectivity index (χ1n) is 8.29. The van der Waals surface area contributed by atoms with Crippen LogP contribution < -0.4 is 5.32 Å². The average Bonchev–Trinajstić information content (AvgIpc) is 2.93. The molecule has 0 unspecified atom stereocenters. The van der Waals surface area contributed by atoms with E-state index in [0.717, 1.165) is 22.9 Å². The molecule has 3 rings (SSSR count). The Bertz CT molecular complexity index is 845. The highest BCUT2D eigenvalue weighted by atomic mass is 32.2. The lowest BCUT2D eigenvalue weighted by Gasteiger charge is -2.12. The van der Waals surface area contributed by atoms with E-state index in [-0.39, 0.29) is 18.6 Å². The van der Waals surface area contributed by atoms with Crippen molar-refractivity contribution in [1.82, 2.24) is 10.3 Å². The lowest BCUT2D eigenvalue weighted by atomic mass is 10.1. The van der Waals surface area contributed by atoms with Gasteiger partial charge in [-0.1, -0.05) is 26.0 Å². The number of thioether (sulfide) groups is 1. The van der Waals surface area contributed by atoms with Crippen LogP contribution in [-0.4, -0.2) is 33.8 Å². The van der Waals surface area contributed by atoms with Crippen molar-refractivity contribution in [1.29, 1.82) is 0 Å². The van der Waals surface area contributed by atoms with Crippen molar-refractivity contribution in [3.8, 4) is 0 Å². The summed E-state index contributed by atoms with van der Waals surface area (Å²) in [5.74, 6) is 0.279. The summed E-state index contributed by atoms with van der Waals surface area (Å²) in [6, 6.07) is 9.60. The summed E-state index contributed by atoms with van der Waals surface area (Å²) >= 11 is 1.31. The number of pyridine rings is 1. The molecule has 1 saturated heterocycles. The lowest BCUT2D eigenvalue weighted by molar-refractivity contribution is -0.115. The molecule has 1 atom stereocenters. The molecule has 6 heteroatoms. The van der Waals surface area contributed by atoms with Crippen LogP contribution in [0.25, 0.3) is 17.0 Å². The van der Waals surface area contributed by atoms with Crippen LogP contribution in [0, 0.1) is 5.92 Å². The molecule has 0 spiro atoms. The number of rotatable bonds is 5. The van der Waals surface area contributed by atoms with Crippen LogP contribution in [0.4, 0.5) is 0 Å². The summed E-state index contributed by atoms with van der Waals surface area (Å²) in [4.78, 5) is 21.6. The quantitative estimate of drug-likeness (QED) is 0.808. The van der Waals surface area contributed by atoms with E-state index in [0.29, 0.717) is 16.0 Å². The van der Waals surface area contributed by atoms with Gasteiger partial charge >= 0.3 is 0 Å². The molecule has 25 heavy (non-hydrogen) atoms. The molecule has 1 aliphatic heterocycles. The first kappa shape index (κ1) is 17.6. The normalized spacial score (nSPS) is 19.1. The summed E-state index contributed by atoms with van der Waals surface area (Å²) in [7, 11) is 0. The summed E-state index contributed by atoms with van der Waals surface area (Å²) in [5.41, 5.74) is 1.87. The van der Waals surface area contributed by atoms with Crippen molar-refractivity contribution in [2.75, 3.05) is 6.61 Å². The van der Waals surface area contributed by atoms with Gasteiger partial charge in [-0.2, -0.15) is 0 Å². The molecule has 2 heterocycles. The Morgan fingerprint density at radius 3 is 2.96 bits per heavy atom. The number of amides is 1. The number of hydrogen-bond acceptors (Lipinski definition) is 5. The van der Waals surface area contributed by atoms with Crippen LogP contribution in [0.2, 0.25) is 0 Å². The highest BCUT2D eigenvalue weighted by Gasteiger charge is 2.24. The van der Waals surface area contributed by atoms with E-state index < -0.39 is 0 Å². The Morgan fingerprint density at radius 2 is 2.20 bits per heavy atom. The predicted molar refractivity (Wildman–Crippen MR) is 103 cm³/mol. The molecule has 2 aromatic rings. The predicted octanol–water partition coefficient (Wildman–Crippen LogP) is 3.20. The van der Waals surface area contributed by atoms with Crippen molar-refractivity contribution in [2.45, 2.75) is 26.3 Å². The van der Waals surface area contributed by atoms with Crippen LogP contribution in [0.1, 0.15) is 25.8 Å². The van der Waals surface area contributed by atoms with Crippen molar-refractivity contribution in [3.63, 3.8) is 0 Å². The fourth-order valence-corrected chi connectivity index (χ4v) is 3.59. The minimum Gasteiger partial charge on any atom is -0.394 e. The fourth-order valence-electron chi connectivity index (χ4n) is 2.70. The molecule has 0 radical (unpaired) electrons. The Labute approximate surface area is 151 Å². The van der Waals surface area contributed by atoms with Gasteiger partial charge in [0.15, 0.2) is 5.17 Å². The lowest BCUT2D eigenvalue weighted by Crippen LogP contribution is -2.23. The molecule has 0 aliphatic carbocycles. The van der Waals surface area contributed by atoms with Gasteiger partial charge in [0.1, 0.15) is 0 Å². The second-order valence-electron chi connectivity index (χ2n) is 6.42. The van der Waals surface area contributed by atoms with Gasteiger partial charge in [-0.15, -0.1) is 0 Å². The van der Waals surface area contributed by atoms with E-state index >= 15 is 0 Å². The maximum atomic E-state index is 12.2. The van der Waals surface area contributed by atoms with E-state index in [4.69, 9.17) is 0 Å². The van der Waals surface area contributed by atoms with E-state index in [2.05, 4.69) is 29.1 Å². The van der Waals surface area contributed by atoms with Gasteiger partial charge < -0.3 is 10.4 Å². The van der Waals surface area contributed by atoms with Crippen molar-refractivity contribution in [3.05, 3.63) is 47.0 Å². The van der Waals surface area contributed by atoms with Crippen molar-refractivity contribution < 1.29 is 9.90 Å². The van der Waals surface area contributed by atoms with Gasteiger partial charge in [-0.05, 0) is 53.9 Å². The smallest absolute Gasteiger partial charge is 0.264 e. The first-order chi connectivity index (χ1) is 12.0. The number of aliphatic hydroxyl groups is 1. The summed E-state index contributed by atoms with van der Waals surface area (Å²) < 4.78 is 0. The number of carbonyl (C=O) groups excluding carboxylic acids is 1. The van der Waals surface area contributed by atoms with Crippen LogP contribution in [0.15, 0.2) is 46.4 Å². The van der Waals surface area contributed by atoms with Crippen LogP contribution >= 0.6 is 11.8 Å². The number of benzene rings is 1. The summed E-state index contributed by atoms with van der Waals surface area (Å²) in [6.45, 7) is 4.15. The van der Waals surface area contributed by atoms with Gasteiger partial charge in [0.25, 0.3) is 5.91 Å². The molecule has 0 bridgehead atoms. The average molecular weight is 355 g/mol. The van der Waals surface area contributed by atoms with E-state index in [1.165, 1.54) is 11.8 Å². The third-order valence-electron chi connectivity index (χ3n) is 3.83. The maximum absolute atomic E-state index is 12.2. The van der Waals surface area contributed by atoms with E-state index in [9.17, 15) is 9.90 Å². The molecule has 130 valence electrons. The SMILES string of the molecule is CC(C)C[C@H](CO)N=C1NC(=O)C(=Cc2ccc3ncccc3c2)S1. The van der Waals surface area contributed by atoms with Gasteiger partial charge in [0.2, 0.25) is 0 Å². The molecule has 1 aliphatic rings. The number of nitrogens with zero attached hydrogens (tertiary/aromatic N) is 2. The Morgan fingerprint density at radius 1 is 1.36 bits per heavy atom. The number of carbonyl (C=O) groups is 1. The fraction of sp³-hybridized carbons (Fsp3) is 0.316. The second-order valence-corrected chi connectivity index (χ2v) is 7.45. The number of amidine groups is 1.